The van der Waals surface area contributed by atoms with E-state index >= 15 is 0 Å². The summed E-state index contributed by atoms with van der Waals surface area (Å²) in [7, 11) is 0. The molecule has 22 heavy (non-hydrogen) atoms. The van der Waals surface area contributed by atoms with Gasteiger partial charge < -0.3 is 9.84 Å². The second kappa shape index (κ2) is 4.96. The Balaban J connectivity index is 2.00. The second-order valence-electron chi connectivity index (χ2n) is 4.77. The van der Waals surface area contributed by atoms with Crippen LogP contribution in [0.25, 0.3) is 0 Å². The largest absolute Gasteiger partial charge is 0.438 e. The van der Waals surface area contributed by atoms with E-state index in [0.29, 0.717) is 0 Å². The molecule has 0 unspecified atom stereocenters. The number of hydrogen-bond acceptors (Lipinski definition) is 5. The van der Waals surface area contributed by atoms with Crippen molar-refractivity contribution in [2.75, 3.05) is 0 Å². The SMILES string of the molecule is N#Cc1cc(F)cc(Oc2ncnc3c2CC(F)(F)[C@H]3O)c1. The second-order valence-corrected chi connectivity index (χ2v) is 4.77. The summed E-state index contributed by atoms with van der Waals surface area (Å²) in [6, 6.07) is 5.01. The van der Waals surface area contributed by atoms with Crippen LogP contribution in [0.4, 0.5) is 13.2 Å². The van der Waals surface area contributed by atoms with Gasteiger partial charge in [0.1, 0.15) is 17.9 Å². The molecule has 0 bridgehead atoms. The van der Waals surface area contributed by atoms with E-state index in [0.717, 1.165) is 18.5 Å². The molecule has 5 nitrogen and oxygen atoms in total. The van der Waals surface area contributed by atoms with Crippen LogP contribution in [0, 0.1) is 17.1 Å². The third kappa shape index (κ3) is 2.35. The first kappa shape index (κ1) is 14.3. The van der Waals surface area contributed by atoms with Gasteiger partial charge in [-0.15, -0.1) is 0 Å². The van der Waals surface area contributed by atoms with Crippen LogP contribution in [0.15, 0.2) is 24.5 Å². The van der Waals surface area contributed by atoms with Gasteiger partial charge in [-0.1, -0.05) is 0 Å². The molecule has 3 rings (SSSR count). The van der Waals surface area contributed by atoms with Crippen molar-refractivity contribution in [3.8, 4) is 17.7 Å². The Labute approximate surface area is 122 Å². The van der Waals surface area contributed by atoms with Gasteiger partial charge in [0.25, 0.3) is 5.92 Å². The van der Waals surface area contributed by atoms with Gasteiger partial charge in [0, 0.05) is 18.1 Å². The normalized spacial score (nSPS) is 18.6. The zero-order valence-corrected chi connectivity index (χ0v) is 10.9. The Kier molecular flexibility index (Phi) is 3.22. The van der Waals surface area contributed by atoms with Crippen LogP contribution < -0.4 is 4.74 Å². The summed E-state index contributed by atoms with van der Waals surface area (Å²) in [5.41, 5.74) is -0.235. The fourth-order valence-electron chi connectivity index (χ4n) is 2.23. The zero-order chi connectivity index (χ0) is 15.9. The molecule has 1 N–H and O–H groups in total. The highest BCUT2D eigenvalue weighted by Gasteiger charge is 2.49. The maximum atomic E-state index is 13.6. The predicted octanol–water partition coefficient (Wildman–Crippen LogP) is 2.50. The van der Waals surface area contributed by atoms with Crippen LogP contribution in [-0.2, 0) is 6.42 Å². The van der Waals surface area contributed by atoms with Crippen molar-refractivity contribution in [1.29, 1.82) is 5.26 Å². The van der Waals surface area contributed by atoms with E-state index < -0.39 is 24.3 Å². The smallest absolute Gasteiger partial charge is 0.283 e. The van der Waals surface area contributed by atoms with Crippen LogP contribution in [0.5, 0.6) is 11.6 Å². The Morgan fingerprint density at radius 1 is 1.32 bits per heavy atom. The minimum atomic E-state index is -3.36. The summed E-state index contributed by atoms with van der Waals surface area (Å²) in [6.45, 7) is 0. The molecule has 2 aromatic rings. The fraction of sp³-hybridized carbons (Fsp3) is 0.214. The van der Waals surface area contributed by atoms with Gasteiger partial charge in [-0.25, -0.2) is 23.1 Å². The van der Waals surface area contributed by atoms with Crippen LogP contribution >= 0.6 is 0 Å². The van der Waals surface area contributed by atoms with Crippen LogP contribution in [0.1, 0.15) is 22.9 Å². The molecule has 0 fully saturated rings. The van der Waals surface area contributed by atoms with Gasteiger partial charge in [-0.2, -0.15) is 5.26 Å². The highest BCUT2D eigenvalue weighted by atomic mass is 19.3. The van der Waals surface area contributed by atoms with Crippen molar-refractivity contribution in [2.45, 2.75) is 18.4 Å². The van der Waals surface area contributed by atoms with E-state index in [1.165, 1.54) is 6.07 Å². The summed E-state index contributed by atoms with van der Waals surface area (Å²) in [5.74, 6) is -4.32. The summed E-state index contributed by atoms with van der Waals surface area (Å²) in [4.78, 5) is 7.39. The lowest BCUT2D eigenvalue weighted by Crippen LogP contribution is -2.21. The molecule has 0 radical (unpaired) electrons. The number of nitriles is 1. The average molecular weight is 307 g/mol. The summed E-state index contributed by atoms with van der Waals surface area (Å²) < 4.78 is 45.8. The lowest BCUT2D eigenvalue weighted by Gasteiger charge is -2.11. The molecule has 1 aliphatic rings. The lowest BCUT2D eigenvalue weighted by atomic mass is 10.2. The fourth-order valence-corrected chi connectivity index (χ4v) is 2.23. The van der Waals surface area contributed by atoms with Crippen LogP contribution in [0.3, 0.4) is 0 Å². The Morgan fingerprint density at radius 3 is 2.82 bits per heavy atom. The number of fused-ring (bicyclic) bond motifs is 1. The van der Waals surface area contributed by atoms with Crippen molar-refractivity contribution in [3.05, 3.63) is 47.2 Å². The van der Waals surface area contributed by atoms with E-state index in [2.05, 4.69) is 9.97 Å². The first-order valence-corrected chi connectivity index (χ1v) is 6.19. The molecule has 1 heterocycles. The molecule has 1 aromatic heterocycles. The van der Waals surface area contributed by atoms with E-state index in [-0.39, 0.29) is 28.5 Å². The van der Waals surface area contributed by atoms with E-state index in [9.17, 15) is 18.3 Å². The number of benzene rings is 1. The summed E-state index contributed by atoms with van der Waals surface area (Å²) in [5, 5.41) is 18.3. The monoisotopic (exact) mass is 307 g/mol. The standard InChI is InChI=1S/C14H8F3N3O2/c15-8-1-7(5-18)2-9(3-8)22-13-10-4-14(16,17)12(21)11(10)19-6-20-13/h1-3,6,12,21H,4H2/t12-/m0/s1. The Morgan fingerprint density at radius 2 is 2.09 bits per heavy atom. The van der Waals surface area contributed by atoms with E-state index in [1.807, 2.05) is 0 Å². The summed E-state index contributed by atoms with van der Waals surface area (Å²) in [6.07, 6.45) is -1.83. The number of halogens is 3. The topological polar surface area (TPSA) is 79.0 Å². The summed E-state index contributed by atoms with van der Waals surface area (Å²) >= 11 is 0. The Bertz CT molecular complexity index is 789. The minimum Gasteiger partial charge on any atom is -0.438 e. The maximum absolute atomic E-state index is 13.6. The number of nitrogens with zero attached hydrogens (tertiary/aromatic N) is 3. The van der Waals surface area contributed by atoms with Crippen molar-refractivity contribution in [1.82, 2.24) is 9.97 Å². The van der Waals surface area contributed by atoms with Gasteiger partial charge in [-0.05, 0) is 12.1 Å². The highest BCUT2D eigenvalue weighted by Crippen LogP contribution is 2.45. The molecule has 0 spiro atoms. The number of ether oxygens (including phenoxy) is 1. The van der Waals surface area contributed by atoms with Crippen LogP contribution in [-0.4, -0.2) is 21.0 Å². The minimum absolute atomic E-state index is 0.0195. The van der Waals surface area contributed by atoms with Crippen molar-refractivity contribution < 1.29 is 23.0 Å². The molecule has 0 aliphatic heterocycles. The molecule has 1 aromatic carbocycles. The predicted molar refractivity (Wildman–Crippen MR) is 66.8 cm³/mol. The molecule has 0 amide bonds. The van der Waals surface area contributed by atoms with E-state index in [1.54, 1.807) is 6.07 Å². The van der Waals surface area contributed by atoms with Crippen molar-refractivity contribution >= 4 is 0 Å². The first-order valence-electron chi connectivity index (χ1n) is 6.19. The van der Waals surface area contributed by atoms with Gasteiger partial charge in [0.2, 0.25) is 5.88 Å². The van der Waals surface area contributed by atoms with Crippen LogP contribution in [0.2, 0.25) is 0 Å². The maximum Gasteiger partial charge on any atom is 0.283 e. The molecular formula is C14H8F3N3O2. The number of aromatic nitrogens is 2. The number of hydrogen-bond donors (Lipinski definition) is 1. The van der Waals surface area contributed by atoms with Gasteiger partial charge in [0.15, 0.2) is 6.10 Å². The van der Waals surface area contributed by atoms with Crippen molar-refractivity contribution in [2.24, 2.45) is 0 Å². The molecule has 8 heteroatoms. The Hall–Kier alpha value is -2.66. The quantitative estimate of drug-likeness (QED) is 0.922. The highest BCUT2D eigenvalue weighted by molar-refractivity contribution is 5.43. The lowest BCUT2D eigenvalue weighted by molar-refractivity contribution is -0.0981. The van der Waals surface area contributed by atoms with E-state index in [4.69, 9.17) is 10.00 Å². The average Bonchev–Trinajstić information content (AvgIpc) is 2.70. The molecule has 1 atom stereocenters. The number of aliphatic hydroxyl groups excluding tert-OH is 1. The number of rotatable bonds is 2. The first-order chi connectivity index (χ1) is 10.4. The van der Waals surface area contributed by atoms with Gasteiger partial charge in [0.05, 0.1) is 17.3 Å². The zero-order valence-electron chi connectivity index (χ0n) is 10.9. The molecule has 1 aliphatic carbocycles. The molecule has 0 saturated heterocycles. The van der Waals surface area contributed by atoms with Gasteiger partial charge >= 0.3 is 0 Å². The number of aliphatic hydroxyl groups is 1. The molecule has 0 saturated carbocycles. The van der Waals surface area contributed by atoms with Crippen molar-refractivity contribution in [3.63, 3.8) is 0 Å². The molecular weight excluding hydrogens is 299 g/mol. The van der Waals surface area contributed by atoms with Gasteiger partial charge in [-0.3, -0.25) is 0 Å². The third-order valence-corrected chi connectivity index (χ3v) is 3.23. The number of alkyl halides is 2. The third-order valence-electron chi connectivity index (χ3n) is 3.23. The molecule has 112 valence electrons.